The van der Waals surface area contributed by atoms with Crippen LogP contribution in [0, 0.1) is 23.7 Å². The Hall–Kier alpha value is -3.44. The molecule has 0 saturated carbocycles. The maximum Gasteiger partial charge on any atom is 0.268 e. The maximum absolute atomic E-state index is 13.2. The molecule has 7 nitrogen and oxygen atoms in total. The largest absolute Gasteiger partial charge is 0.391 e. The van der Waals surface area contributed by atoms with Crippen molar-refractivity contribution >= 4 is 28.2 Å². The summed E-state index contributed by atoms with van der Waals surface area (Å²) in [6.07, 6.45) is -3.13. The van der Waals surface area contributed by atoms with E-state index in [4.69, 9.17) is 16.7 Å². The number of benzene rings is 1. The quantitative estimate of drug-likeness (QED) is 0.276. The van der Waals surface area contributed by atoms with Crippen LogP contribution in [0.3, 0.4) is 0 Å². The number of hydrogen-bond acceptors (Lipinski definition) is 6. The van der Waals surface area contributed by atoms with Gasteiger partial charge in [0.1, 0.15) is 11.6 Å². The van der Waals surface area contributed by atoms with Crippen LogP contribution in [0.4, 0.5) is 13.8 Å². The fourth-order valence-electron chi connectivity index (χ4n) is 2.23. The van der Waals surface area contributed by atoms with Crippen LogP contribution in [0.25, 0.3) is 0 Å². The van der Waals surface area contributed by atoms with Crippen LogP contribution < -0.4 is 22.3 Å². The van der Waals surface area contributed by atoms with E-state index in [1.807, 2.05) is 0 Å². The number of nitrogens with two attached hydrogens (primary N) is 2. The van der Waals surface area contributed by atoms with Crippen molar-refractivity contribution in [2.24, 2.45) is 5.73 Å². The summed E-state index contributed by atoms with van der Waals surface area (Å²) >= 11 is 1.34. The van der Waals surface area contributed by atoms with E-state index in [2.05, 4.69) is 29.0 Å². The summed E-state index contributed by atoms with van der Waals surface area (Å²) in [6, 6.07) is 7.53. The van der Waals surface area contributed by atoms with Crippen LogP contribution in [-0.2, 0) is 4.79 Å². The minimum atomic E-state index is -3.13. The van der Waals surface area contributed by atoms with Gasteiger partial charge in [-0.05, 0) is 61.1 Å². The van der Waals surface area contributed by atoms with Gasteiger partial charge in [-0.2, -0.15) is 0 Å². The van der Waals surface area contributed by atoms with E-state index in [9.17, 15) is 18.4 Å². The normalized spacial score (nSPS) is 13.1. The molecule has 10 heteroatoms. The van der Waals surface area contributed by atoms with Gasteiger partial charge in [0.05, 0.1) is 9.88 Å². The highest BCUT2D eigenvalue weighted by atomic mass is 32.1. The Labute approximate surface area is 175 Å². The lowest BCUT2D eigenvalue weighted by Crippen LogP contribution is -2.66. The average Bonchev–Trinajstić information content (AvgIpc) is 3.13. The summed E-state index contributed by atoms with van der Waals surface area (Å²) in [6.45, 7) is 0.891. The number of anilines is 1. The first kappa shape index (κ1) is 22.8. The van der Waals surface area contributed by atoms with E-state index in [0.29, 0.717) is 10.6 Å². The van der Waals surface area contributed by atoms with Crippen molar-refractivity contribution < 1.29 is 23.6 Å². The van der Waals surface area contributed by atoms with Gasteiger partial charge in [-0.3, -0.25) is 14.8 Å². The first-order chi connectivity index (χ1) is 14.1. The molecule has 1 aromatic carbocycles. The predicted molar refractivity (Wildman–Crippen MR) is 109 cm³/mol. The Kier molecular flexibility index (Phi) is 7.50. The van der Waals surface area contributed by atoms with E-state index < -0.39 is 29.8 Å². The SMILES string of the molecule is CC(N)(C(F)F)C(NC(=O)c1ccc(C#CC#Cc2ccc(N)s2)cc1)C(=O)NO. The van der Waals surface area contributed by atoms with Crippen molar-refractivity contribution in [1.29, 1.82) is 0 Å². The molecule has 0 spiro atoms. The molecular weight excluding hydrogens is 414 g/mol. The van der Waals surface area contributed by atoms with Crippen molar-refractivity contribution in [3.63, 3.8) is 0 Å². The first-order valence-corrected chi connectivity index (χ1v) is 9.26. The Morgan fingerprint density at radius 2 is 1.77 bits per heavy atom. The number of thiophene rings is 1. The van der Waals surface area contributed by atoms with Gasteiger partial charge in [-0.15, -0.1) is 11.3 Å². The number of halogens is 2. The highest BCUT2D eigenvalue weighted by molar-refractivity contribution is 7.16. The van der Waals surface area contributed by atoms with E-state index >= 15 is 0 Å². The van der Waals surface area contributed by atoms with Crippen LogP contribution in [0.1, 0.15) is 27.7 Å². The molecule has 0 bridgehead atoms. The number of nitrogen functional groups attached to an aromatic ring is 1. The number of nitrogens with one attached hydrogen (secondary N) is 2. The lowest BCUT2D eigenvalue weighted by Gasteiger charge is -2.32. The molecule has 7 N–H and O–H groups in total. The number of alkyl halides is 2. The second-order valence-electron chi connectivity index (χ2n) is 6.33. The Morgan fingerprint density at radius 3 is 2.30 bits per heavy atom. The molecule has 0 fully saturated rings. The molecule has 0 radical (unpaired) electrons. The predicted octanol–water partition coefficient (Wildman–Crippen LogP) is 1.32. The maximum atomic E-state index is 13.2. The molecule has 2 amide bonds. The molecule has 156 valence electrons. The van der Waals surface area contributed by atoms with Crippen LogP contribution >= 0.6 is 11.3 Å². The Balaban J connectivity index is 2.10. The van der Waals surface area contributed by atoms with Crippen LogP contribution in [0.5, 0.6) is 0 Å². The van der Waals surface area contributed by atoms with Crippen molar-refractivity contribution in [3.05, 3.63) is 52.4 Å². The van der Waals surface area contributed by atoms with Crippen LogP contribution in [-0.4, -0.2) is 35.0 Å². The second kappa shape index (κ2) is 9.85. The van der Waals surface area contributed by atoms with Gasteiger partial charge in [0.25, 0.3) is 18.2 Å². The standard InChI is InChI=1S/C20H18F2N4O3S/c1-20(24,19(21)22)16(18(28)26-29)25-17(27)13-8-6-12(7-9-13)4-2-3-5-14-10-11-15(23)30-14/h6-11,16,19,29H,23-24H2,1H3,(H,25,27)(H,26,28). The molecule has 1 heterocycles. The minimum Gasteiger partial charge on any atom is -0.391 e. The zero-order valence-corrected chi connectivity index (χ0v) is 16.5. The topological polar surface area (TPSA) is 130 Å². The monoisotopic (exact) mass is 432 g/mol. The third-order valence-corrected chi connectivity index (χ3v) is 4.80. The van der Waals surface area contributed by atoms with Crippen LogP contribution in [0.2, 0.25) is 0 Å². The lowest BCUT2D eigenvalue weighted by atomic mass is 9.92. The van der Waals surface area contributed by atoms with Crippen molar-refractivity contribution in [1.82, 2.24) is 10.8 Å². The number of hydroxylamine groups is 1. The number of hydrogen-bond donors (Lipinski definition) is 5. The third-order valence-electron chi connectivity index (χ3n) is 3.97. The molecular formula is C20H18F2N4O3S. The molecule has 1 aromatic heterocycles. The van der Waals surface area contributed by atoms with E-state index in [0.717, 1.165) is 11.8 Å². The van der Waals surface area contributed by atoms with Gasteiger partial charge in [-0.25, -0.2) is 14.3 Å². The highest BCUT2D eigenvalue weighted by Gasteiger charge is 2.44. The highest BCUT2D eigenvalue weighted by Crippen LogP contribution is 2.18. The number of amides is 2. The van der Waals surface area contributed by atoms with Gasteiger partial charge in [0.2, 0.25) is 0 Å². The average molecular weight is 432 g/mol. The van der Waals surface area contributed by atoms with Crippen molar-refractivity contribution in [2.75, 3.05) is 5.73 Å². The molecule has 2 atom stereocenters. The molecule has 0 aliphatic heterocycles. The number of carbonyl (C=O) groups is 2. The zero-order valence-electron chi connectivity index (χ0n) is 15.7. The van der Waals surface area contributed by atoms with Crippen LogP contribution in [0.15, 0.2) is 36.4 Å². The molecule has 0 saturated heterocycles. The number of rotatable bonds is 5. The summed E-state index contributed by atoms with van der Waals surface area (Å²) < 4.78 is 26.3. The molecule has 2 aromatic rings. The van der Waals surface area contributed by atoms with Crippen molar-refractivity contribution in [2.45, 2.75) is 24.9 Å². The molecule has 0 aliphatic carbocycles. The summed E-state index contributed by atoms with van der Waals surface area (Å²) in [5, 5.41) is 11.5. The van der Waals surface area contributed by atoms with E-state index in [-0.39, 0.29) is 5.56 Å². The smallest absolute Gasteiger partial charge is 0.268 e. The minimum absolute atomic E-state index is 0.0847. The molecule has 2 unspecified atom stereocenters. The molecule has 0 aliphatic rings. The summed E-state index contributed by atoms with van der Waals surface area (Å²) in [7, 11) is 0. The third kappa shape index (κ3) is 5.78. The fraction of sp³-hybridized carbons (Fsp3) is 0.200. The first-order valence-electron chi connectivity index (χ1n) is 8.44. The Morgan fingerprint density at radius 1 is 1.13 bits per heavy atom. The van der Waals surface area contributed by atoms with E-state index in [1.165, 1.54) is 41.1 Å². The molecule has 2 rings (SSSR count). The zero-order chi connectivity index (χ0) is 22.3. The van der Waals surface area contributed by atoms with Gasteiger partial charge in [0.15, 0.2) is 0 Å². The van der Waals surface area contributed by atoms with Gasteiger partial charge in [-0.1, -0.05) is 5.92 Å². The molecule has 30 heavy (non-hydrogen) atoms. The van der Waals surface area contributed by atoms with Gasteiger partial charge >= 0.3 is 0 Å². The lowest BCUT2D eigenvalue weighted by molar-refractivity contribution is -0.134. The van der Waals surface area contributed by atoms with Crippen molar-refractivity contribution in [3.8, 4) is 23.7 Å². The Bertz CT molecular complexity index is 1040. The fourth-order valence-corrected chi connectivity index (χ4v) is 2.86. The second-order valence-corrected chi connectivity index (χ2v) is 7.44. The summed E-state index contributed by atoms with van der Waals surface area (Å²) in [4.78, 5) is 24.8. The van der Waals surface area contributed by atoms with Gasteiger partial charge in [0, 0.05) is 11.1 Å². The van der Waals surface area contributed by atoms with Gasteiger partial charge < -0.3 is 16.8 Å². The number of carbonyl (C=O) groups excluding carboxylic acids is 2. The van der Waals surface area contributed by atoms with E-state index in [1.54, 1.807) is 12.1 Å². The summed E-state index contributed by atoms with van der Waals surface area (Å²) in [5.74, 6) is 8.91. The summed E-state index contributed by atoms with van der Waals surface area (Å²) in [5.41, 5.74) is 10.6.